The van der Waals surface area contributed by atoms with Crippen molar-refractivity contribution >= 4 is 41.5 Å². The second-order valence-corrected chi connectivity index (χ2v) is 5.11. The Kier molecular flexibility index (Phi) is 9.05. The Morgan fingerprint density at radius 1 is 1.26 bits per heavy atom. The molecule has 1 unspecified atom stereocenters. The van der Waals surface area contributed by atoms with Crippen molar-refractivity contribution in [3.05, 3.63) is 59.0 Å². The maximum Gasteiger partial charge on any atom is 0.191 e. The molecule has 0 aliphatic carbocycles. The monoisotopic (exact) mass is 449 g/mol. The maximum atomic E-state index is 10.00. The number of nitrogens with zero attached hydrogens (tertiary/aromatic N) is 1. The van der Waals surface area contributed by atoms with Crippen molar-refractivity contribution in [2.75, 3.05) is 13.1 Å². The van der Waals surface area contributed by atoms with Gasteiger partial charge in [-0.3, -0.25) is 0 Å². The summed E-state index contributed by atoms with van der Waals surface area (Å²) in [4.78, 5) is 4.47. The van der Waals surface area contributed by atoms with Crippen molar-refractivity contribution in [1.29, 1.82) is 0 Å². The highest BCUT2D eigenvalue weighted by atomic mass is 127. The Balaban J connectivity index is 0.00000264. The van der Waals surface area contributed by atoms with Crippen LogP contribution in [-0.4, -0.2) is 24.2 Å². The molecule has 7 heteroatoms. The zero-order chi connectivity index (χ0) is 15.8. The smallest absolute Gasteiger partial charge is 0.191 e. The molecule has 0 bridgehead atoms. The molecule has 3 N–H and O–H groups in total. The van der Waals surface area contributed by atoms with Gasteiger partial charge in [-0.25, -0.2) is 4.99 Å². The molecule has 0 amide bonds. The van der Waals surface area contributed by atoms with Gasteiger partial charge in [0.25, 0.3) is 0 Å². The summed E-state index contributed by atoms with van der Waals surface area (Å²) in [6, 6.07) is 11.1. The molecule has 0 aliphatic rings. The van der Waals surface area contributed by atoms with Crippen LogP contribution in [0.4, 0.5) is 0 Å². The average Bonchev–Trinajstić information content (AvgIpc) is 3.05. The van der Waals surface area contributed by atoms with Gasteiger partial charge in [0.05, 0.1) is 19.4 Å². The molecule has 0 aliphatic heterocycles. The van der Waals surface area contributed by atoms with Crippen molar-refractivity contribution < 1.29 is 9.52 Å². The fraction of sp³-hybridized carbons (Fsp3) is 0.312. The van der Waals surface area contributed by atoms with E-state index in [4.69, 9.17) is 16.0 Å². The van der Waals surface area contributed by atoms with E-state index in [-0.39, 0.29) is 24.0 Å². The number of hydrogen-bond donors (Lipinski definition) is 3. The molecule has 2 rings (SSSR count). The van der Waals surface area contributed by atoms with Crippen LogP contribution in [0.15, 0.2) is 52.1 Å². The summed E-state index contributed by atoms with van der Waals surface area (Å²) in [6.45, 7) is 3.48. The van der Waals surface area contributed by atoms with E-state index in [1.54, 1.807) is 12.1 Å². The van der Waals surface area contributed by atoms with Gasteiger partial charge in [0.15, 0.2) is 5.96 Å². The van der Waals surface area contributed by atoms with Crippen LogP contribution in [0.2, 0.25) is 5.02 Å². The van der Waals surface area contributed by atoms with Crippen molar-refractivity contribution in [3.8, 4) is 0 Å². The number of aliphatic imine (C=N–C) groups is 1. The quantitative estimate of drug-likeness (QED) is 0.359. The van der Waals surface area contributed by atoms with Crippen LogP contribution in [0.5, 0.6) is 0 Å². The summed E-state index contributed by atoms with van der Waals surface area (Å²) in [6.07, 6.45) is 0.814. The van der Waals surface area contributed by atoms with Crippen molar-refractivity contribution in [1.82, 2.24) is 10.6 Å². The lowest BCUT2D eigenvalue weighted by Crippen LogP contribution is -2.39. The molecule has 0 saturated heterocycles. The molecule has 0 saturated carbocycles. The Labute approximate surface area is 158 Å². The first-order valence-corrected chi connectivity index (χ1v) is 7.55. The highest BCUT2D eigenvalue weighted by Crippen LogP contribution is 2.15. The van der Waals surface area contributed by atoms with Gasteiger partial charge in [-0.2, -0.15) is 0 Å². The van der Waals surface area contributed by atoms with Gasteiger partial charge >= 0.3 is 0 Å². The van der Waals surface area contributed by atoms with Crippen LogP contribution in [0.3, 0.4) is 0 Å². The largest absolute Gasteiger partial charge is 0.467 e. The third-order valence-corrected chi connectivity index (χ3v) is 3.41. The van der Waals surface area contributed by atoms with E-state index >= 15 is 0 Å². The predicted octanol–water partition coefficient (Wildman–Crippen LogP) is 3.34. The van der Waals surface area contributed by atoms with Gasteiger partial charge in [-0.15, -0.1) is 24.0 Å². The fourth-order valence-electron chi connectivity index (χ4n) is 1.91. The lowest BCUT2D eigenvalue weighted by molar-refractivity contribution is 0.153. The van der Waals surface area contributed by atoms with E-state index in [0.717, 1.165) is 12.1 Å². The Hall–Kier alpha value is -1.25. The minimum atomic E-state index is -0.723. The van der Waals surface area contributed by atoms with Gasteiger partial charge in [-0.05, 0) is 30.7 Å². The molecule has 23 heavy (non-hydrogen) atoms. The van der Waals surface area contributed by atoms with Gasteiger partial charge < -0.3 is 20.2 Å². The first-order valence-electron chi connectivity index (χ1n) is 7.17. The first kappa shape index (κ1) is 19.8. The second-order valence-electron chi connectivity index (χ2n) is 4.70. The van der Waals surface area contributed by atoms with Crippen LogP contribution in [0.1, 0.15) is 24.4 Å². The Bertz CT molecular complexity index is 605. The van der Waals surface area contributed by atoms with Gasteiger partial charge in [0, 0.05) is 11.6 Å². The van der Waals surface area contributed by atoms with E-state index in [2.05, 4.69) is 15.6 Å². The molecule has 2 aromatic rings. The molecule has 126 valence electrons. The number of benzene rings is 1. The third-order valence-electron chi connectivity index (χ3n) is 3.04. The number of guanidine groups is 1. The maximum absolute atomic E-state index is 10.00. The average molecular weight is 450 g/mol. The number of aliphatic hydroxyl groups is 1. The van der Waals surface area contributed by atoms with E-state index in [9.17, 15) is 5.11 Å². The summed E-state index contributed by atoms with van der Waals surface area (Å²) in [5.41, 5.74) is 0.952. The molecule has 0 fully saturated rings. The van der Waals surface area contributed by atoms with Gasteiger partial charge in [0.2, 0.25) is 0 Å². The minimum absolute atomic E-state index is 0. The zero-order valence-corrected chi connectivity index (χ0v) is 15.9. The highest BCUT2D eigenvalue weighted by Gasteiger charge is 2.10. The number of nitrogens with one attached hydrogen (secondary N) is 2. The Morgan fingerprint density at radius 3 is 2.70 bits per heavy atom. The first-order chi connectivity index (χ1) is 10.7. The topological polar surface area (TPSA) is 69.8 Å². The van der Waals surface area contributed by atoms with Gasteiger partial charge in [-0.1, -0.05) is 29.8 Å². The van der Waals surface area contributed by atoms with Gasteiger partial charge in [0.1, 0.15) is 11.9 Å². The van der Waals surface area contributed by atoms with Crippen molar-refractivity contribution in [2.24, 2.45) is 4.99 Å². The van der Waals surface area contributed by atoms with Crippen LogP contribution in [0, 0.1) is 0 Å². The molecular weight excluding hydrogens is 429 g/mol. The number of rotatable bonds is 6. The van der Waals surface area contributed by atoms with Crippen LogP contribution in [-0.2, 0) is 6.54 Å². The number of furan rings is 1. The lowest BCUT2D eigenvalue weighted by atomic mass is 10.2. The Morgan fingerprint density at radius 2 is 2.04 bits per heavy atom. The van der Waals surface area contributed by atoms with Crippen molar-refractivity contribution in [3.63, 3.8) is 0 Å². The normalized spacial score (nSPS) is 12.4. The van der Waals surface area contributed by atoms with E-state index in [1.165, 1.54) is 6.26 Å². The zero-order valence-electron chi connectivity index (χ0n) is 12.8. The summed E-state index contributed by atoms with van der Waals surface area (Å²) >= 11 is 6.12. The predicted molar refractivity (Wildman–Crippen MR) is 103 cm³/mol. The molecule has 0 spiro atoms. The summed E-state index contributed by atoms with van der Waals surface area (Å²) in [5, 5.41) is 16.9. The minimum Gasteiger partial charge on any atom is -0.467 e. The third kappa shape index (κ3) is 6.40. The van der Waals surface area contributed by atoms with Crippen LogP contribution >= 0.6 is 35.6 Å². The van der Waals surface area contributed by atoms with E-state index in [0.29, 0.717) is 29.8 Å². The SMILES string of the molecule is CCNC(=NCc1ccccc1Cl)NCC(O)c1ccco1.I. The van der Waals surface area contributed by atoms with Crippen LogP contribution in [0.25, 0.3) is 0 Å². The lowest BCUT2D eigenvalue weighted by Gasteiger charge is -2.14. The molecular formula is C16H21ClIN3O2. The summed E-state index contributed by atoms with van der Waals surface area (Å²) in [5.74, 6) is 1.14. The number of hydrogen-bond acceptors (Lipinski definition) is 3. The summed E-state index contributed by atoms with van der Waals surface area (Å²) < 4.78 is 5.16. The molecule has 1 heterocycles. The molecule has 1 atom stereocenters. The fourth-order valence-corrected chi connectivity index (χ4v) is 2.10. The number of aliphatic hydroxyl groups excluding tert-OH is 1. The molecule has 5 nitrogen and oxygen atoms in total. The molecule has 0 radical (unpaired) electrons. The van der Waals surface area contributed by atoms with Crippen molar-refractivity contribution in [2.45, 2.75) is 19.6 Å². The van der Waals surface area contributed by atoms with E-state index in [1.807, 2.05) is 31.2 Å². The number of halogens is 2. The molecule has 1 aromatic carbocycles. The molecule has 1 aromatic heterocycles. The second kappa shape index (κ2) is 10.5. The van der Waals surface area contributed by atoms with Crippen LogP contribution < -0.4 is 10.6 Å². The van der Waals surface area contributed by atoms with E-state index < -0.39 is 6.10 Å². The standard InChI is InChI=1S/C16H20ClN3O2.HI/c1-2-18-16(19-10-12-6-3-4-7-13(12)17)20-11-14(21)15-8-5-9-22-15;/h3-9,14,21H,2,10-11H2,1H3,(H2,18,19,20);1H. The summed E-state index contributed by atoms with van der Waals surface area (Å²) in [7, 11) is 0. The highest BCUT2D eigenvalue weighted by molar-refractivity contribution is 14.0.